The molecule has 3 rings (SSSR count). The Labute approximate surface area is 160 Å². The SMILES string of the molecule is CCOC(=O)c1ccccc1NC(=O)C[NH+](C)[C@@H]1CCCc2ccccc21. The second-order valence-electron chi connectivity index (χ2n) is 6.98. The normalized spacial score (nSPS) is 16.9. The Hall–Kier alpha value is -2.66. The molecule has 1 aliphatic carbocycles. The van der Waals surface area contributed by atoms with Crippen molar-refractivity contribution in [2.75, 3.05) is 25.5 Å². The fourth-order valence-corrected chi connectivity index (χ4v) is 3.82. The first kappa shape index (κ1) is 19.1. The Morgan fingerprint density at radius 3 is 2.70 bits per heavy atom. The molecule has 2 N–H and O–H groups in total. The molecule has 2 aromatic rings. The van der Waals surface area contributed by atoms with E-state index < -0.39 is 5.97 Å². The molecule has 0 spiro atoms. The molecule has 0 aliphatic heterocycles. The summed E-state index contributed by atoms with van der Waals surface area (Å²) in [5.74, 6) is -0.525. The van der Waals surface area contributed by atoms with Crippen molar-refractivity contribution in [3.8, 4) is 0 Å². The second kappa shape index (κ2) is 8.82. The number of carbonyl (C=O) groups is 2. The molecule has 142 valence electrons. The average molecular weight is 367 g/mol. The van der Waals surface area contributed by atoms with Gasteiger partial charge in [-0.1, -0.05) is 36.4 Å². The van der Waals surface area contributed by atoms with Crippen molar-refractivity contribution in [3.05, 3.63) is 65.2 Å². The number of carbonyl (C=O) groups excluding carboxylic acids is 2. The maximum atomic E-state index is 12.6. The molecular formula is C22H27N2O3+. The fourth-order valence-electron chi connectivity index (χ4n) is 3.82. The molecule has 2 atom stereocenters. The third kappa shape index (κ3) is 4.55. The summed E-state index contributed by atoms with van der Waals surface area (Å²) in [4.78, 5) is 25.9. The van der Waals surface area contributed by atoms with E-state index in [1.165, 1.54) is 11.1 Å². The molecule has 1 amide bonds. The molecule has 1 aliphatic rings. The number of aryl methyl sites for hydroxylation is 1. The maximum absolute atomic E-state index is 12.6. The molecule has 0 aromatic heterocycles. The monoisotopic (exact) mass is 367 g/mol. The first-order valence-electron chi connectivity index (χ1n) is 9.56. The Morgan fingerprint density at radius 1 is 1.15 bits per heavy atom. The smallest absolute Gasteiger partial charge is 0.340 e. The van der Waals surface area contributed by atoms with Crippen LogP contribution < -0.4 is 10.2 Å². The number of anilines is 1. The molecule has 27 heavy (non-hydrogen) atoms. The Morgan fingerprint density at radius 2 is 1.89 bits per heavy atom. The van der Waals surface area contributed by atoms with Crippen molar-refractivity contribution in [2.24, 2.45) is 0 Å². The number of rotatable bonds is 6. The molecule has 5 nitrogen and oxygen atoms in total. The van der Waals surface area contributed by atoms with Crippen molar-refractivity contribution < 1.29 is 19.2 Å². The summed E-state index contributed by atoms with van der Waals surface area (Å²) in [5, 5.41) is 2.88. The van der Waals surface area contributed by atoms with Gasteiger partial charge in [0.1, 0.15) is 6.04 Å². The van der Waals surface area contributed by atoms with Gasteiger partial charge in [-0.25, -0.2) is 4.79 Å². The van der Waals surface area contributed by atoms with Gasteiger partial charge in [-0.15, -0.1) is 0 Å². The van der Waals surface area contributed by atoms with Crippen molar-refractivity contribution >= 4 is 17.6 Å². The standard InChI is InChI=1S/C22H26N2O3/c1-3-27-22(26)18-12-6-7-13-19(18)23-21(25)15-24(2)20-14-8-10-16-9-4-5-11-17(16)20/h4-7,9,11-13,20H,3,8,10,14-15H2,1-2H3,(H,23,25)/p+1/t20-/m1/s1. The molecule has 5 heteroatoms. The lowest BCUT2D eigenvalue weighted by Crippen LogP contribution is -3.10. The van der Waals surface area contributed by atoms with E-state index in [0.29, 0.717) is 30.4 Å². The summed E-state index contributed by atoms with van der Waals surface area (Å²) in [6.45, 7) is 2.41. The van der Waals surface area contributed by atoms with E-state index in [-0.39, 0.29) is 5.91 Å². The van der Waals surface area contributed by atoms with Gasteiger partial charge in [0.25, 0.3) is 5.91 Å². The summed E-state index contributed by atoms with van der Waals surface area (Å²) in [6.07, 6.45) is 3.33. The summed E-state index contributed by atoms with van der Waals surface area (Å²) >= 11 is 0. The highest BCUT2D eigenvalue weighted by molar-refractivity contribution is 6.01. The zero-order chi connectivity index (χ0) is 19.2. The summed E-state index contributed by atoms with van der Waals surface area (Å²) in [6, 6.07) is 15.8. The molecule has 2 aromatic carbocycles. The fraction of sp³-hybridized carbons (Fsp3) is 0.364. The van der Waals surface area contributed by atoms with Crippen LogP contribution in [0.2, 0.25) is 0 Å². The number of fused-ring (bicyclic) bond motifs is 1. The average Bonchev–Trinajstić information content (AvgIpc) is 2.68. The predicted molar refractivity (Wildman–Crippen MR) is 105 cm³/mol. The zero-order valence-corrected chi connectivity index (χ0v) is 16.0. The van der Waals surface area contributed by atoms with Gasteiger partial charge in [-0.3, -0.25) is 4.79 Å². The number of nitrogens with one attached hydrogen (secondary N) is 2. The van der Waals surface area contributed by atoms with Crippen LogP contribution in [0.25, 0.3) is 0 Å². The van der Waals surface area contributed by atoms with E-state index in [4.69, 9.17) is 4.74 Å². The van der Waals surface area contributed by atoms with Crippen molar-refractivity contribution in [2.45, 2.75) is 32.2 Å². The number of hydrogen-bond acceptors (Lipinski definition) is 3. The summed E-state index contributed by atoms with van der Waals surface area (Å²) in [7, 11) is 2.06. The first-order chi connectivity index (χ1) is 13.1. The zero-order valence-electron chi connectivity index (χ0n) is 16.0. The van der Waals surface area contributed by atoms with Gasteiger partial charge in [0.2, 0.25) is 0 Å². The van der Waals surface area contributed by atoms with Crippen molar-refractivity contribution in [1.29, 1.82) is 0 Å². The largest absolute Gasteiger partial charge is 0.462 e. The van der Waals surface area contributed by atoms with Crippen LogP contribution in [0.3, 0.4) is 0 Å². The number of ether oxygens (including phenoxy) is 1. The van der Waals surface area contributed by atoms with Crippen LogP contribution in [0.15, 0.2) is 48.5 Å². The van der Waals surface area contributed by atoms with E-state index in [0.717, 1.165) is 24.2 Å². The van der Waals surface area contributed by atoms with Gasteiger partial charge in [0, 0.05) is 12.0 Å². The van der Waals surface area contributed by atoms with Gasteiger partial charge in [0.05, 0.1) is 24.9 Å². The van der Waals surface area contributed by atoms with Crippen molar-refractivity contribution in [1.82, 2.24) is 0 Å². The van der Waals surface area contributed by atoms with Crippen LogP contribution >= 0.6 is 0 Å². The number of amides is 1. The van der Waals surface area contributed by atoms with Gasteiger partial charge in [0.15, 0.2) is 6.54 Å². The van der Waals surface area contributed by atoms with Crippen LogP contribution in [0.4, 0.5) is 5.69 Å². The maximum Gasteiger partial charge on any atom is 0.340 e. The second-order valence-corrected chi connectivity index (χ2v) is 6.98. The molecule has 0 saturated heterocycles. The van der Waals surface area contributed by atoms with Crippen molar-refractivity contribution in [3.63, 3.8) is 0 Å². The number of esters is 1. The number of quaternary nitrogens is 1. The highest BCUT2D eigenvalue weighted by Gasteiger charge is 2.28. The van der Waals surface area contributed by atoms with Gasteiger partial charge >= 0.3 is 5.97 Å². The molecule has 0 bridgehead atoms. The van der Waals surface area contributed by atoms with E-state index in [9.17, 15) is 9.59 Å². The van der Waals surface area contributed by atoms with Crippen LogP contribution in [0.5, 0.6) is 0 Å². The number of hydrogen-bond donors (Lipinski definition) is 2. The lowest BCUT2D eigenvalue weighted by Gasteiger charge is -2.30. The molecule has 1 unspecified atom stereocenters. The van der Waals surface area contributed by atoms with E-state index in [1.807, 2.05) is 0 Å². The van der Waals surface area contributed by atoms with Gasteiger partial charge in [-0.05, 0) is 37.5 Å². The highest BCUT2D eigenvalue weighted by atomic mass is 16.5. The lowest BCUT2D eigenvalue weighted by molar-refractivity contribution is -0.905. The van der Waals surface area contributed by atoms with Crippen LogP contribution in [-0.2, 0) is 16.0 Å². The molecular weight excluding hydrogens is 340 g/mol. The van der Waals surface area contributed by atoms with E-state index in [1.54, 1.807) is 31.2 Å². The van der Waals surface area contributed by atoms with Crippen LogP contribution in [0, 0.1) is 0 Å². The molecule has 0 heterocycles. The molecule has 0 fully saturated rings. The quantitative estimate of drug-likeness (QED) is 0.771. The minimum absolute atomic E-state index is 0.104. The number of likely N-dealkylation sites (N-methyl/N-ethyl adjacent to an activating group) is 1. The summed E-state index contributed by atoms with van der Waals surface area (Å²) in [5.41, 5.74) is 3.62. The number of benzene rings is 2. The Balaban J connectivity index is 1.68. The van der Waals surface area contributed by atoms with Crippen LogP contribution in [-0.4, -0.2) is 32.1 Å². The topological polar surface area (TPSA) is 59.8 Å². The van der Waals surface area contributed by atoms with Gasteiger partial charge in [-0.2, -0.15) is 0 Å². The molecule has 0 radical (unpaired) electrons. The predicted octanol–water partition coefficient (Wildman–Crippen LogP) is 2.39. The Kier molecular flexibility index (Phi) is 6.24. The van der Waals surface area contributed by atoms with Gasteiger partial charge < -0.3 is 15.0 Å². The van der Waals surface area contributed by atoms with Crippen LogP contribution in [0.1, 0.15) is 47.3 Å². The Bertz CT molecular complexity index is 819. The summed E-state index contributed by atoms with van der Waals surface area (Å²) < 4.78 is 5.07. The highest BCUT2D eigenvalue weighted by Crippen LogP contribution is 2.27. The third-order valence-electron chi connectivity index (χ3n) is 5.10. The third-order valence-corrected chi connectivity index (χ3v) is 5.10. The lowest BCUT2D eigenvalue weighted by atomic mass is 9.87. The van der Waals surface area contributed by atoms with E-state index in [2.05, 4.69) is 36.6 Å². The number of para-hydroxylation sites is 1. The van der Waals surface area contributed by atoms with E-state index >= 15 is 0 Å². The first-order valence-corrected chi connectivity index (χ1v) is 9.56. The molecule has 0 saturated carbocycles. The minimum atomic E-state index is -0.421. The minimum Gasteiger partial charge on any atom is -0.462 e.